The molecule has 2 rings (SSSR count). The van der Waals surface area contributed by atoms with E-state index in [1.165, 1.54) is 18.4 Å². The van der Waals surface area contributed by atoms with Gasteiger partial charge in [-0.05, 0) is 37.5 Å². The number of hydrogen-bond acceptors (Lipinski definition) is 3. The molecule has 0 amide bonds. The fraction of sp³-hybridized carbons (Fsp3) is 0.538. The molecule has 1 aromatic rings. The van der Waals surface area contributed by atoms with Crippen molar-refractivity contribution in [3.8, 4) is 0 Å². The van der Waals surface area contributed by atoms with Crippen LogP contribution >= 0.6 is 0 Å². The minimum absolute atomic E-state index is 0.306. The van der Waals surface area contributed by atoms with Crippen LogP contribution < -0.4 is 5.32 Å². The van der Waals surface area contributed by atoms with Crippen LogP contribution in [0.5, 0.6) is 0 Å². The minimum Gasteiger partial charge on any atom is -0.381 e. The quantitative estimate of drug-likeness (QED) is 0.933. The first-order valence-corrected chi connectivity index (χ1v) is 8.26. The van der Waals surface area contributed by atoms with Crippen LogP contribution in [0, 0.1) is 0 Å². The molecule has 1 aliphatic rings. The lowest BCUT2D eigenvalue weighted by Crippen LogP contribution is -2.34. The average Bonchev–Trinajstić information content (AvgIpc) is 2.76. The van der Waals surface area contributed by atoms with Gasteiger partial charge in [0.1, 0.15) is 0 Å². The van der Waals surface area contributed by atoms with E-state index < -0.39 is 26.8 Å². The molecule has 1 N–H and O–H groups in total. The van der Waals surface area contributed by atoms with Crippen LogP contribution in [0.3, 0.4) is 0 Å². The van der Waals surface area contributed by atoms with Gasteiger partial charge >= 0.3 is 6.18 Å². The van der Waals surface area contributed by atoms with Gasteiger partial charge in [0.25, 0.3) is 0 Å². The standard InChI is InChI=1S/C13H16F3NO2S/c1-20(18,19)12-7-3-6-11(12)17-10-5-2-4-9(8-10)13(14,15)16/h2,4-5,8,11-12,17H,3,6-7H2,1H3. The Balaban J connectivity index is 2.18. The fourth-order valence-corrected chi connectivity index (χ4v) is 4.00. The molecule has 2 unspecified atom stereocenters. The summed E-state index contributed by atoms with van der Waals surface area (Å²) in [5, 5.41) is 2.40. The molecule has 0 radical (unpaired) electrons. The second kappa shape index (κ2) is 5.27. The highest BCUT2D eigenvalue weighted by atomic mass is 32.2. The normalized spacial score (nSPS) is 23.8. The molecule has 7 heteroatoms. The zero-order valence-electron chi connectivity index (χ0n) is 10.9. The second-order valence-electron chi connectivity index (χ2n) is 5.13. The maximum absolute atomic E-state index is 12.6. The van der Waals surface area contributed by atoms with E-state index >= 15 is 0 Å². The van der Waals surface area contributed by atoms with Crippen LogP contribution in [0.1, 0.15) is 24.8 Å². The lowest BCUT2D eigenvalue weighted by Gasteiger charge is -2.21. The Kier molecular flexibility index (Phi) is 4.00. The highest BCUT2D eigenvalue weighted by Gasteiger charge is 2.35. The summed E-state index contributed by atoms with van der Waals surface area (Å²) in [6.45, 7) is 0. The Morgan fingerprint density at radius 2 is 1.95 bits per heavy atom. The number of alkyl halides is 3. The van der Waals surface area contributed by atoms with E-state index in [9.17, 15) is 21.6 Å². The highest BCUT2D eigenvalue weighted by Crippen LogP contribution is 2.32. The van der Waals surface area contributed by atoms with Crippen molar-refractivity contribution in [2.24, 2.45) is 0 Å². The van der Waals surface area contributed by atoms with Crippen molar-refractivity contribution in [3.63, 3.8) is 0 Å². The average molecular weight is 307 g/mol. The Morgan fingerprint density at radius 3 is 2.55 bits per heavy atom. The molecule has 0 saturated heterocycles. The fourth-order valence-electron chi connectivity index (χ4n) is 2.60. The number of halogens is 3. The lowest BCUT2D eigenvalue weighted by atomic mass is 10.1. The molecule has 20 heavy (non-hydrogen) atoms. The molecule has 112 valence electrons. The maximum Gasteiger partial charge on any atom is 0.416 e. The van der Waals surface area contributed by atoms with Gasteiger partial charge in [-0.25, -0.2) is 8.42 Å². The minimum atomic E-state index is -4.40. The predicted molar refractivity (Wildman–Crippen MR) is 71.3 cm³/mol. The predicted octanol–water partition coefficient (Wildman–Crippen LogP) is 3.08. The number of hydrogen-bond donors (Lipinski definition) is 1. The Labute approximate surface area is 116 Å². The number of nitrogens with one attached hydrogen (secondary N) is 1. The third-order valence-corrected chi connectivity index (χ3v) is 5.21. The Hall–Kier alpha value is -1.24. The van der Waals surface area contributed by atoms with E-state index in [2.05, 4.69) is 5.32 Å². The van der Waals surface area contributed by atoms with Crippen LogP contribution in [0.25, 0.3) is 0 Å². The first kappa shape index (κ1) is 15.2. The summed E-state index contributed by atoms with van der Waals surface area (Å²) < 4.78 is 61.2. The molecule has 3 nitrogen and oxygen atoms in total. The van der Waals surface area contributed by atoms with Gasteiger partial charge in [-0.1, -0.05) is 6.07 Å². The van der Waals surface area contributed by atoms with Crippen LogP contribution in [-0.4, -0.2) is 26.0 Å². The van der Waals surface area contributed by atoms with Crippen molar-refractivity contribution in [1.82, 2.24) is 0 Å². The van der Waals surface area contributed by atoms with Crippen LogP contribution in [0.2, 0.25) is 0 Å². The van der Waals surface area contributed by atoms with Gasteiger partial charge in [-0.3, -0.25) is 0 Å². The summed E-state index contributed by atoms with van der Waals surface area (Å²) in [4.78, 5) is 0. The van der Waals surface area contributed by atoms with Crippen molar-refractivity contribution in [2.75, 3.05) is 11.6 Å². The van der Waals surface area contributed by atoms with Gasteiger partial charge in [0.05, 0.1) is 10.8 Å². The van der Waals surface area contributed by atoms with Crippen LogP contribution in [0.4, 0.5) is 18.9 Å². The number of sulfone groups is 1. The summed E-state index contributed by atoms with van der Waals surface area (Å²) in [5.74, 6) is 0. The first-order chi connectivity index (χ1) is 9.18. The zero-order valence-corrected chi connectivity index (χ0v) is 11.8. The molecule has 1 aliphatic carbocycles. The van der Waals surface area contributed by atoms with Gasteiger partial charge < -0.3 is 5.32 Å². The summed E-state index contributed by atoms with van der Waals surface area (Å²) in [6.07, 6.45) is -1.27. The van der Waals surface area contributed by atoms with E-state index in [-0.39, 0.29) is 6.04 Å². The van der Waals surface area contributed by atoms with Crippen LogP contribution in [0.15, 0.2) is 24.3 Å². The van der Waals surface area contributed by atoms with E-state index in [1.54, 1.807) is 0 Å². The smallest absolute Gasteiger partial charge is 0.381 e. The topological polar surface area (TPSA) is 46.2 Å². The molecule has 0 heterocycles. The van der Waals surface area contributed by atoms with E-state index in [4.69, 9.17) is 0 Å². The Bertz CT molecular complexity index is 584. The van der Waals surface area contributed by atoms with Crippen molar-refractivity contribution in [3.05, 3.63) is 29.8 Å². The molecule has 0 aromatic heterocycles. The summed E-state index contributed by atoms with van der Waals surface area (Å²) in [6, 6.07) is 4.52. The van der Waals surface area contributed by atoms with Crippen molar-refractivity contribution in [2.45, 2.75) is 36.7 Å². The van der Waals surface area contributed by atoms with Gasteiger partial charge in [-0.2, -0.15) is 13.2 Å². The van der Waals surface area contributed by atoms with Gasteiger partial charge in [0.2, 0.25) is 0 Å². The van der Waals surface area contributed by atoms with Crippen molar-refractivity contribution >= 4 is 15.5 Å². The molecular formula is C13H16F3NO2S. The number of anilines is 1. The maximum atomic E-state index is 12.6. The number of benzene rings is 1. The first-order valence-electron chi connectivity index (χ1n) is 6.30. The lowest BCUT2D eigenvalue weighted by molar-refractivity contribution is -0.137. The molecule has 0 spiro atoms. The SMILES string of the molecule is CS(=O)(=O)C1CCCC1Nc1cccc(C(F)(F)F)c1. The van der Waals surface area contributed by atoms with Gasteiger partial charge in [-0.15, -0.1) is 0 Å². The molecule has 2 atom stereocenters. The third kappa shape index (κ3) is 3.45. The van der Waals surface area contributed by atoms with E-state index in [0.717, 1.165) is 18.6 Å². The summed E-state index contributed by atoms with van der Waals surface area (Å²) >= 11 is 0. The number of rotatable bonds is 3. The zero-order chi connectivity index (χ0) is 15.0. The van der Waals surface area contributed by atoms with Crippen molar-refractivity contribution in [1.29, 1.82) is 0 Å². The van der Waals surface area contributed by atoms with Crippen LogP contribution in [-0.2, 0) is 16.0 Å². The monoisotopic (exact) mass is 307 g/mol. The Morgan fingerprint density at radius 1 is 1.25 bits per heavy atom. The van der Waals surface area contributed by atoms with Crippen molar-refractivity contribution < 1.29 is 21.6 Å². The van der Waals surface area contributed by atoms with Gasteiger partial charge in [0, 0.05) is 18.0 Å². The molecule has 1 aromatic carbocycles. The summed E-state index contributed by atoms with van der Waals surface area (Å²) in [7, 11) is -3.20. The van der Waals surface area contributed by atoms with E-state index in [0.29, 0.717) is 18.5 Å². The largest absolute Gasteiger partial charge is 0.416 e. The second-order valence-corrected chi connectivity index (χ2v) is 7.39. The highest BCUT2D eigenvalue weighted by molar-refractivity contribution is 7.91. The summed E-state index contributed by atoms with van der Waals surface area (Å²) in [5.41, 5.74) is -0.434. The molecule has 0 bridgehead atoms. The molecular weight excluding hydrogens is 291 g/mol. The van der Waals surface area contributed by atoms with E-state index in [1.807, 2.05) is 0 Å². The molecule has 1 fully saturated rings. The molecule has 0 aliphatic heterocycles. The van der Waals surface area contributed by atoms with Gasteiger partial charge in [0.15, 0.2) is 9.84 Å². The third-order valence-electron chi connectivity index (χ3n) is 3.54. The molecule has 1 saturated carbocycles.